The number of imide groups is 1. The Balaban J connectivity index is 1.69. The maximum absolute atomic E-state index is 12.1. The third-order valence-electron chi connectivity index (χ3n) is 4.89. The number of alkyl carbamates (subject to hydrolysis) is 1. The Morgan fingerprint density at radius 2 is 1.97 bits per heavy atom. The highest BCUT2D eigenvalue weighted by molar-refractivity contribution is 6.37. The highest BCUT2D eigenvalue weighted by Crippen LogP contribution is 2.47. The topological polar surface area (TPSA) is 158 Å². The van der Waals surface area contributed by atoms with Crippen LogP contribution >= 0.6 is 23.2 Å². The Kier molecular flexibility index (Phi) is 7.43. The molecular formula is C20H20Cl2N6O5. The number of carbonyl (C=O) groups excluding carboxylic acids is 2. The summed E-state index contributed by atoms with van der Waals surface area (Å²) >= 11 is 12.6. The van der Waals surface area contributed by atoms with Gasteiger partial charge in [0.05, 0.1) is 28.4 Å². The molecule has 2 amide bonds. The van der Waals surface area contributed by atoms with Crippen LogP contribution in [0.2, 0.25) is 10.0 Å². The van der Waals surface area contributed by atoms with Gasteiger partial charge in [0.2, 0.25) is 5.88 Å². The van der Waals surface area contributed by atoms with Gasteiger partial charge in [-0.3, -0.25) is 14.9 Å². The number of anilines is 1. The molecule has 4 N–H and O–H groups in total. The molecule has 1 aromatic carbocycles. The molecule has 1 heterocycles. The number of benzene rings is 1. The molecule has 0 saturated heterocycles. The first-order valence-electron chi connectivity index (χ1n) is 9.82. The maximum Gasteiger partial charge on any atom is 0.413 e. The van der Waals surface area contributed by atoms with Crippen LogP contribution in [-0.2, 0) is 14.9 Å². The van der Waals surface area contributed by atoms with Crippen molar-refractivity contribution >= 4 is 40.9 Å². The Labute approximate surface area is 198 Å². The zero-order valence-corrected chi connectivity index (χ0v) is 19.1. The molecule has 3 rings (SSSR count). The minimum absolute atomic E-state index is 0.0721. The number of H-pyrrole nitrogens is 1. The van der Waals surface area contributed by atoms with Crippen molar-refractivity contribution in [2.75, 3.05) is 12.0 Å². The average Bonchev–Trinajstić information content (AvgIpc) is 3.50. The molecule has 13 heteroatoms. The van der Waals surface area contributed by atoms with Crippen LogP contribution in [0.15, 0.2) is 23.0 Å². The van der Waals surface area contributed by atoms with E-state index in [1.807, 2.05) is 12.2 Å². The SMILES string of the molecule is CCOC(=O)NC(=O)C(C#N)NNc1cc(Cl)c(Oc2cc(C3(C)CC3)c(=O)[nH]n2)c(Cl)c1. The van der Waals surface area contributed by atoms with E-state index >= 15 is 0 Å². The van der Waals surface area contributed by atoms with Crippen LogP contribution in [0.5, 0.6) is 11.6 Å². The van der Waals surface area contributed by atoms with Crippen molar-refractivity contribution in [2.24, 2.45) is 0 Å². The van der Waals surface area contributed by atoms with Crippen molar-refractivity contribution in [2.45, 2.75) is 38.1 Å². The van der Waals surface area contributed by atoms with Crippen LogP contribution in [0.4, 0.5) is 10.5 Å². The normalized spacial score (nSPS) is 14.5. The highest BCUT2D eigenvalue weighted by atomic mass is 35.5. The van der Waals surface area contributed by atoms with Gasteiger partial charge in [0.15, 0.2) is 11.8 Å². The molecule has 1 fully saturated rings. The van der Waals surface area contributed by atoms with Gasteiger partial charge in [0.1, 0.15) is 0 Å². The second-order valence-corrected chi connectivity index (χ2v) is 8.24. The summed E-state index contributed by atoms with van der Waals surface area (Å²) in [6.07, 6.45) is 0.832. The quantitative estimate of drug-likeness (QED) is 0.404. The van der Waals surface area contributed by atoms with Crippen molar-refractivity contribution in [1.29, 1.82) is 5.26 Å². The minimum Gasteiger partial charge on any atom is -0.450 e. The highest BCUT2D eigenvalue weighted by Gasteiger charge is 2.41. The number of aromatic amines is 1. The summed E-state index contributed by atoms with van der Waals surface area (Å²) in [5.41, 5.74) is 5.49. The Bertz CT molecular complexity index is 1150. The van der Waals surface area contributed by atoms with E-state index in [1.165, 1.54) is 12.1 Å². The molecule has 1 aliphatic rings. The van der Waals surface area contributed by atoms with Crippen LogP contribution in [0, 0.1) is 11.3 Å². The summed E-state index contributed by atoms with van der Waals surface area (Å²) in [5.74, 6) is -0.683. The smallest absolute Gasteiger partial charge is 0.413 e. The van der Waals surface area contributed by atoms with Gasteiger partial charge in [-0.25, -0.2) is 15.3 Å². The monoisotopic (exact) mass is 494 g/mol. The number of nitrogens with zero attached hydrogens (tertiary/aromatic N) is 2. The van der Waals surface area contributed by atoms with Crippen LogP contribution < -0.4 is 26.5 Å². The van der Waals surface area contributed by atoms with Gasteiger partial charge in [0.25, 0.3) is 11.5 Å². The first-order valence-corrected chi connectivity index (χ1v) is 10.6. The van der Waals surface area contributed by atoms with E-state index in [4.69, 9.17) is 33.2 Å². The van der Waals surface area contributed by atoms with Crippen LogP contribution in [0.1, 0.15) is 32.3 Å². The largest absolute Gasteiger partial charge is 0.450 e. The molecule has 1 atom stereocenters. The first-order chi connectivity index (χ1) is 15.7. The fourth-order valence-corrected chi connectivity index (χ4v) is 3.40. The van der Waals surface area contributed by atoms with Crippen LogP contribution in [0.3, 0.4) is 0 Å². The number of hydrazine groups is 1. The molecule has 2 aromatic rings. The number of carbonyl (C=O) groups is 2. The Morgan fingerprint density at radius 1 is 1.30 bits per heavy atom. The minimum atomic E-state index is -1.42. The van der Waals surface area contributed by atoms with Gasteiger partial charge in [-0.05, 0) is 37.3 Å². The van der Waals surface area contributed by atoms with Gasteiger partial charge in [-0.2, -0.15) is 5.26 Å². The molecule has 0 bridgehead atoms. The summed E-state index contributed by atoms with van der Waals surface area (Å²) < 4.78 is 10.3. The van der Waals surface area contributed by atoms with Crippen molar-refractivity contribution in [3.63, 3.8) is 0 Å². The molecule has 1 aromatic heterocycles. The van der Waals surface area contributed by atoms with Crippen molar-refractivity contribution in [1.82, 2.24) is 20.9 Å². The van der Waals surface area contributed by atoms with E-state index in [9.17, 15) is 14.4 Å². The van der Waals surface area contributed by atoms with Crippen molar-refractivity contribution in [3.8, 4) is 17.7 Å². The van der Waals surface area contributed by atoms with Gasteiger partial charge < -0.3 is 14.9 Å². The Morgan fingerprint density at radius 3 is 2.55 bits per heavy atom. The molecule has 174 valence electrons. The number of rotatable bonds is 8. The Hall–Kier alpha value is -3.33. The fraction of sp³-hybridized carbons (Fsp3) is 0.350. The van der Waals surface area contributed by atoms with Gasteiger partial charge in [-0.15, -0.1) is 5.10 Å². The van der Waals surface area contributed by atoms with E-state index in [0.717, 1.165) is 12.8 Å². The van der Waals surface area contributed by atoms with E-state index in [-0.39, 0.29) is 39.3 Å². The molecule has 0 aliphatic heterocycles. The first kappa shape index (κ1) is 24.3. The predicted octanol–water partition coefficient (Wildman–Crippen LogP) is 3.00. The average molecular weight is 495 g/mol. The molecule has 0 radical (unpaired) electrons. The molecule has 1 unspecified atom stereocenters. The zero-order valence-electron chi connectivity index (χ0n) is 17.6. The number of ether oxygens (including phenoxy) is 2. The fourth-order valence-electron chi connectivity index (χ4n) is 2.83. The van der Waals surface area contributed by atoms with Gasteiger partial charge in [-0.1, -0.05) is 30.1 Å². The van der Waals surface area contributed by atoms with Crippen molar-refractivity contribution in [3.05, 3.63) is 44.2 Å². The third-order valence-corrected chi connectivity index (χ3v) is 5.45. The predicted molar refractivity (Wildman–Crippen MR) is 119 cm³/mol. The van der Waals surface area contributed by atoms with Crippen molar-refractivity contribution < 1.29 is 19.1 Å². The second kappa shape index (κ2) is 10.1. The lowest BCUT2D eigenvalue weighted by molar-refractivity contribution is -0.121. The van der Waals surface area contributed by atoms with E-state index in [2.05, 4.69) is 25.8 Å². The number of amides is 2. The molecular weight excluding hydrogens is 475 g/mol. The molecule has 1 aliphatic carbocycles. The number of nitrogens with one attached hydrogen (secondary N) is 4. The summed E-state index contributed by atoms with van der Waals surface area (Å²) in [6, 6.07) is 4.70. The number of aromatic nitrogens is 2. The van der Waals surface area contributed by atoms with Crippen LogP contribution in [-0.4, -0.2) is 34.8 Å². The summed E-state index contributed by atoms with van der Waals surface area (Å²) in [6.45, 7) is 3.63. The van der Waals surface area contributed by atoms with E-state index in [0.29, 0.717) is 11.3 Å². The lowest BCUT2D eigenvalue weighted by Crippen LogP contribution is -2.47. The zero-order chi connectivity index (χ0) is 24.2. The molecule has 0 spiro atoms. The van der Waals surface area contributed by atoms with Gasteiger partial charge >= 0.3 is 6.09 Å². The molecule has 33 heavy (non-hydrogen) atoms. The molecule has 11 nitrogen and oxygen atoms in total. The summed E-state index contributed by atoms with van der Waals surface area (Å²) in [4.78, 5) is 35.4. The lowest BCUT2D eigenvalue weighted by Gasteiger charge is -2.15. The van der Waals surface area contributed by atoms with E-state index < -0.39 is 18.0 Å². The van der Waals surface area contributed by atoms with Crippen LogP contribution in [0.25, 0.3) is 0 Å². The lowest BCUT2D eigenvalue weighted by atomic mass is 10.0. The standard InChI is InChI=1S/C20H20Cl2N6O5/c1-3-32-19(31)24-18(30)14(9-23)26-25-10-6-12(21)16(13(22)7-10)33-15-8-11(17(29)28-27-15)20(2)4-5-20/h6-8,14,25-26H,3-5H2,1-2H3,(H,28,29)(H,24,30,31). The number of nitriles is 1. The summed E-state index contributed by atoms with van der Waals surface area (Å²) in [7, 11) is 0. The second-order valence-electron chi connectivity index (χ2n) is 7.42. The van der Waals surface area contributed by atoms with E-state index in [1.54, 1.807) is 19.1 Å². The number of halogens is 2. The number of hydrogen-bond acceptors (Lipinski definition) is 9. The molecule has 1 saturated carbocycles. The number of hydrogen-bond donors (Lipinski definition) is 4. The summed E-state index contributed by atoms with van der Waals surface area (Å²) in [5, 5.41) is 17.6. The maximum atomic E-state index is 12.1. The third kappa shape index (κ3) is 5.92. The van der Waals surface area contributed by atoms with Gasteiger partial charge in [0, 0.05) is 11.6 Å².